The molecule has 0 aromatic carbocycles. The molecule has 27 heavy (non-hydrogen) atoms. The molecule has 1 fully saturated rings. The number of aromatic amines is 1. The lowest BCUT2D eigenvalue weighted by molar-refractivity contribution is 0.0526. The molecular weight excluding hydrogens is 346 g/mol. The van der Waals surface area contributed by atoms with Gasteiger partial charge in [0.2, 0.25) is 0 Å². The average Bonchev–Trinajstić information content (AvgIpc) is 3.37. The summed E-state index contributed by atoms with van der Waals surface area (Å²) >= 11 is 0. The number of H-pyrrole nitrogens is 1. The Kier molecular flexibility index (Phi) is 4.41. The van der Waals surface area contributed by atoms with Crippen LogP contribution in [0.15, 0.2) is 42.9 Å². The number of rotatable bonds is 3. The fraction of sp³-hybridized carbons (Fsp3) is 0.278. The van der Waals surface area contributed by atoms with Gasteiger partial charge in [-0.05, 0) is 24.3 Å². The molecule has 138 valence electrons. The number of piperazine rings is 1. The molecule has 2 amide bonds. The maximum atomic E-state index is 12.7. The van der Waals surface area contributed by atoms with Gasteiger partial charge in [-0.3, -0.25) is 24.4 Å². The van der Waals surface area contributed by atoms with Crippen molar-refractivity contribution in [3.05, 3.63) is 54.2 Å². The maximum absolute atomic E-state index is 12.7. The topological polar surface area (TPSA) is 100 Å². The summed E-state index contributed by atoms with van der Waals surface area (Å²) in [4.78, 5) is 32.7. The fourth-order valence-corrected chi connectivity index (χ4v) is 3.13. The summed E-state index contributed by atoms with van der Waals surface area (Å²) in [6, 6.07) is 7.12. The molecule has 3 aromatic heterocycles. The van der Waals surface area contributed by atoms with Gasteiger partial charge in [0.1, 0.15) is 11.4 Å². The van der Waals surface area contributed by atoms with Gasteiger partial charge in [0.25, 0.3) is 11.8 Å². The lowest BCUT2D eigenvalue weighted by atomic mass is 10.2. The van der Waals surface area contributed by atoms with E-state index >= 15 is 0 Å². The van der Waals surface area contributed by atoms with Crippen LogP contribution < -0.4 is 0 Å². The standard InChI is InChI=1S/C18H19N7O2/c1-23-16(4-7-20-23)18(27)25-10-8-24(9-11-25)17(26)15-12-14(21-22-15)13-2-5-19-6-3-13/h2-7,12H,8-11H2,1H3,(H,21,22). The van der Waals surface area contributed by atoms with Crippen LogP contribution in [-0.4, -0.2) is 72.8 Å². The quantitative estimate of drug-likeness (QED) is 0.740. The normalized spacial score (nSPS) is 14.4. The van der Waals surface area contributed by atoms with Crippen molar-refractivity contribution >= 4 is 11.8 Å². The zero-order chi connectivity index (χ0) is 18.8. The number of hydrogen-bond acceptors (Lipinski definition) is 5. The molecule has 0 aliphatic carbocycles. The van der Waals surface area contributed by atoms with Gasteiger partial charge in [0.05, 0.1) is 5.69 Å². The summed E-state index contributed by atoms with van der Waals surface area (Å²) in [6.45, 7) is 1.93. The average molecular weight is 365 g/mol. The number of nitrogens with zero attached hydrogens (tertiary/aromatic N) is 6. The van der Waals surface area contributed by atoms with Crippen LogP contribution in [0.2, 0.25) is 0 Å². The van der Waals surface area contributed by atoms with Crippen LogP contribution in [0, 0.1) is 0 Å². The smallest absolute Gasteiger partial charge is 0.272 e. The van der Waals surface area contributed by atoms with Crippen molar-refractivity contribution in [1.82, 2.24) is 34.8 Å². The van der Waals surface area contributed by atoms with Gasteiger partial charge in [-0.25, -0.2) is 0 Å². The van der Waals surface area contributed by atoms with Crippen LogP contribution >= 0.6 is 0 Å². The van der Waals surface area contributed by atoms with Crippen LogP contribution in [0.4, 0.5) is 0 Å². The molecule has 0 atom stereocenters. The minimum Gasteiger partial charge on any atom is -0.334 e. The zero-order valence-corrected chi connectivity index (χ0v) is 14.9. The van der Waals surface area contributed by atoms with Gasteiger partial charge in [-0.2, -0.15) is 10.2 Å². The molecule has 0 bridgehead atoms. The molecule has 4 rings (SSSR count). The molecule has 1 aliphatic heterocycles. The van der Waals surface area contributed by atoms with Gasteiger partial charge in [-0.1, -0.05) is 0 Å². The van der Waals surface area contributed by atoms with Crippen molar-refractivity contribution in [2.75, 3.05) is 26.2 Å². The molecule has 0 radical (unpaired) electrons. The molecule has 9 nitrogen and oxygen atoms in total. The van der Waals surface area contributed by atoms with Crippen molar-refractivity contribution < 1.29 is 9.59 Å². The second-order valence-corrected chi connectivity index (χ2v) is 6.33. The fourth-order valence-electron chi connectivity index (χ4n) is 3.13. The maximum Gasteiger partial charge on any atom is 0.272 e. The van der Waals surface area contributed by atoms with E-state index in [0.29, 0.717) is 43.3 Å². The Bertz CT molecular complexity index is 955. The van der Waals surface area contributed by atoms with E-state index in [0.717, 1.165) is 5.56 Å². The van der Waals surface area contributed by atoms with Crippen LogP contribution in [0.5, 0.6) is 0 Å². The van der Waals surface area contributed by atoms with Gasteiger partial charge in [0, 0.05) is 57.4 Å². The SMILES string of the molecule is Cn1nccc1C(=O)N1CCN(C(=O)c2cc(-c3ccncc3)n[nH]2)CC1. The van der Waals surface area contributed by atoms with E-state index in [1.165, 1.54) is 0 Å². The first kappa shape index (κ1) is 17.0. The number of aryl methyl sites for hydroxylation is 1. The van der Waals surface area contributed by atoms with E-state index < -0.39 is 0 Å². The van der Waals surface area contributed by atoms with Gasteiger partial charge >= 0.3 is 0 Å². The molecule has 1 aliphatic rings. The number of carbonyl (C=O) groups is 2. The van der Waals surface area contributed by atoms with Crippen LogP contribution in [-0.2, 0) is 7.05 Å². The summed E-state index contributed by atoms with van der Waals surface area (Å²) in [5.41, 5.74) is 2.58. The first-order valence-corrected chi connectivity index (χ1v) is 8.66. The van der Waals surface area contributed by atoms with Crippen LogP contribution in [0.3, 0.4) is 0 Å². The minimum absolute atomic E-state index is 0.0661. The summed E-state index contributed by atoms with van der Waals surface area (Å²) in [5.74, 6) is -0.181. The second kappa shape index (κ2) is 7.02. The first-order valence-electron chi connectivity index (χ1n) is 8.66. The number of amides is 2. The zero-order valence-electron chi connectivity index (χ0n) is 14.9. The molecular formula is C18H19N7O2. The Morgan fingerprint density at radius 3 is 2.26 bits per heavy atom. The number of aromatic nitrogens is 5. The number of pyridine rings is 1. The van der Waals surface area contributed by atoms with Crippen LogP contribution in [0.25, 0.3) is 11.3 Å². The highest BCUT2D eigenvalue weighted by Crippen LogP contribution is 2.18. The van der Waals surface area contributed by atoms with Crippen molar-refractivity contribution in [3.63, 3.8) is 0 Å². The van der Waals surface area contributed by atoms with E-state index in [-0.39, 0.29) is 11.8 Å². The first-order chi connectivity index (χ1) is 13.1. The Morgan fingerprint density at radius 1 is 0.963 bits per heavy atom. The molecule has 1 N–H and O–H groups in total. The highest BCUT2D eigenvalue weighted by molar-refractivity contribution is 5.94. The van der Waals surface area contributed by atoms with E-state index in [9.17, 15) is 9.59 Å². The van der Waals surface area contributed by atoms with Crippen LogP contribution in [0.1, 0.15) is 21.0 Å². The monoisotopic (exact) mass is 365 g/mol. The lowest BCUT2D eigenvalue weighted by Gasteiger charge is -2.34. The van der Waals surface area contributed by atoms with Crippen molar-refractivity contribution in [2.24, 2.45) is 7.05 Å². The Hall–Kier alpha value is -3.49. The lowest BCUT2D eigenvalue weighted by Crippen LogP contribution is -2.51. The molecule has 3 aromatic rings. The number of nitrogens with one attached hydrogen (secondary N) is 1. The predicted molar refractivity (Wildman–Crippen MR) is 96.8 cm³/mol. The Balaban J connectivity index is 1.40. The highest BCUT2D eigenvalue weighted by Gasteiger charge is 2.27. The summed E-state index contributed by atoms with van der Waals surface area (Å²) < 4.78 is 1.56. The Labute approximate surface area is 155 Å². The number of carbonyl (C=O) groups excluding carboxylic acids is 2. The van der Waals surface area contributed by atoms with Gasteiger partial charge in [0.15, 0.2) is 0 Å². The second-order valence-electron chi connectivity index (χ2n) is 6.33. The van der Waals surface area contributed by atoms with E-state index in [1.807, 2.05) is 12.1 Å². The Morgan fingerprint density at radius 2 is 1.63 bits per heavy atom. The van der Waals surface area contributed by atoms with Crippen molar-refractivity contribution in [1.29, 1.82) is 0 Å². The summed E-state index contributed by atoms with van der Waals surface area (Å²) in [7, 11) is 1.74. The van der Waals surface area contributed by atoms with E-state index in [1.54, 1.807) is 52.3 Å². The van der Waals surface area contributed by atoms with E-state index in [2.05, 4.69) is 20.3 Å². The molecule has 4 heterocycles. The predicted octanol–water partition coefficient (Wildman–Crippen LogP) is 0.803. The number of hydrogen-bond donors (Lipinski definition) is 1. The molecule has 1 saturated heterocycles. The van der Waals surface area contributed by atoms with Crippen molar-refractivity contribution in [3.8, 4) is 11.3 Å². The molecule has 0 saturated carbocycles. The third kappa shape index (κ3) is 3.31. The molecule has 0 spiro atoms. The highest BCUT2D eigenvalue weighted by atomic mass is 16.2. The summed E-state index contributed by atoms with van der Waals surface area (Å²) in [5, 5.41) is 11.1. The third-order valence-electron chi connectivity index (χ3n) is 4.68. The van der Waals surface area contributed by atoms with Gasteiger partial charge in [-0.15, -0.1) is 0 Å². The van der Waals surface area contributed by atoms with E-state index in [4.69, 9.17) is 0 Å². The molecule has 0 unspecified atom stereocenters. The largest absolute Gasteiger partial charge is 0.334 e. The summed E-state index contributed by atoms with van der Waals surface area (Å²) in [6.07, 6.45) is 4.97. The molecule has 9 heteroatoms. The third-order valence-corrected chi connectivity index (χ3v) is 4.68. The van der Waals surface area contributed by atoms with Crippen molar-refractivity contribution in [2.45, 2.75) is 0 Å². The van der Waals surface area contributed by atoms with Gasteiger partial charge < -0.3 is 9.80 Å². The minimum atomic E-state index is -0.115.